The zero-order chi connectivity index (χ0) is 28.4. The molecule has 2 aliphatic rings. The van der Waals surface area contributed by atoms with E-state index >= 15 is 0 Å². The highest BCUT2D eigenvalue weighted by Crippen LogP contribution is 2.35. The minimum absolute atomic E-state index is 0.0189. The summed E-state index contributed by atoms with van der Waals surface area (Å²) in [7, 11) is 1.66. The van der Waals surface area contributed by atoms with Crippen molar-refractivity contribution in [3.8, 4) is 0 Å². The normalized spacial score (nSPS) is 16.7. The van der Waals surface area contributed by atoms with E-state index in [1.165, 1.54) is 11.6 Å². The number of nitrogens with one attached hydrogen (secondary N) is 3. The van der Waals surface area contributed by atoms with Gasteiger partial charge in [-0.3, -0.25) is 33.9 Å². The summed E-state index contributed by atoms with van der Waals surface area (Å²) in [5.41, 5.74) is 2.05. The van der Waals surface area contributed by atoms with Crippen molar-refractivity contribution in [1.82, 2.24) is 15.1 Å². The molecule has 1 aromatic heterocycles. The molecule has 1 saturated heterocycles. The minimum atomic E-state index is -0.848. The van der Waals surface area contributed by atoms with Gasteiger partial charge >= 0.3 is 5.88 Å². The predicted molar refractivity (Wildman–Crippen MR) is 148 cm³/mol. The fourth-order valence-corrected chi connectivity index (χ4v) is 4.91. The van der Waals surface area contributed by atoms with Crippen molar-refractivity contribution < 1.29 is 28.4 Å². The fourth-order valence-electron chi connectivity index (χ4n) is 4.48. The molecule has 1 saturated carbocycles. The van der Waals surface area contributed by atoms with Crippen LogP contribution in [0.25, 0.3) is 0 Å². The number of carbonyl (C=O) groups excluding carboxylic acids is 4. The van der Waals surface area contributed by atoms with Gasteiger partial charge in [0.1, 0.15) is 12.6 Å². The van der Waals surface area contributed by atoms with Crippen LogP contribution in [0.15, 0.2) is 59.1 Å². The summed E-state index contributed by atoms with van der Waals surface area (Å²) in [6, 6.07) is 14.5. The number of amides is 4. The second-order valence-corrected chi connectivity index (χ2v) is 10.0. The van der Waals surface area contributed by atoms with Gasteiger partial charge in [-0.15, -0.1) is 0 Å². The predicted octanol–water partition coefficient (Wildman–Crippen LogP) is 2.20. The van der Waals surface area contributed by atoms with E-state index in [2.05, 4.69) is 21.2 Å². The second-order valence-electron chi connectivity index (χ2n) is 9.67. The Hall–Kier alpha value is -4.65. The summed E-state index contributed by atoms with van der Waals surface area (Å²) < 4.78 is 6.84. The van der Waals surface area contributed by atoms with Crippen molar-refractivity contribution in [2.24, 2.45) is 7.05 Å². The Morgan fingerprint density at radius 3 is 2.30 bits per heavy atom. The molecule has 2 fully saturated rings. The van der Waals surface area contributed by atoms with Gasteiger partial charge in [0.25, 0.3) is 17.5 Å². The van der Waals surface area contributed by atoms with Gasteiger partial charge in [0.2, 0.25) is 17.1 Å². The lowest BCUT2D eigenvalue weighted by Crippen LogP contribution is -2.43. The zero-order valence-electron chi connectivity index (χ0n) is 21.9. The Labute approximate surface area is 235 Å². The maximum absolute atomic E-state index is 13.5. The van der Waals surface area contributed by atoms with Crippen LogP contribution < -0.4 is 20.6 Å². The van der Waals surface area contributed by atoms with Crippen molar-refractivity contribution in [2.45, 2.75) is 44.8 Å². The van der Waals surface area contributed by atoms with E-state index in [0.29, 0.717) is 27.7 Å². The number of nitrogens with zero attached hydrogens (tertiary/aromatic N) is 4. The highest BCUT2D eigenvalue weighted by molar-refractivity contribution is 7.80. The lowest BCUT2D eigenvalue weighted by atomic mass is 10.1. The van der Waals surface area contributed by atoms with Gasteiger partial charge in [-0.05, 0) is 66.1 Å². The quantitative estimate of drug-likeness (QED) is 0.266. The van der Waals surface area contributed by atoms with Crippen LogP contribution >= 0.6 is 12.2 Å². The molecule has 206 valence electrons. The lowest BCUT2D eigenvalue weighted by molar-refractivity contribution is -0.746. The third-order valence-electron chi connectivity index (χ3n) is 6.62. The number of aryl methyl sites for hydroxylation is 1. The molecule has 3 N–H and O–H groups in total. The van der Waals surface area contributed by atoms with E-state index in [9.17, 15) is 19.2 Å². The minimum Gasteiger partial charge on any atom is -0.326 e. The standard InChI is InChI=1S/C27H27N7O5S/c1-16(35)28-18-8-10-19(11-9-18)29-23(36)14-21-26(38)34(20-12-13-20)27(40)33(21)15-22-25(39-31-32(22)2)30-24(37)17-6-4-3-5-7-17/h3-11,20-21,31H,12-15H2,1-2H3,(H,30,37)/p+1. The van der Waals surface area contributed by atoms with Crippen LogP contribution in [0.1, 0.15) is 42.2 Å². The van der Waals surface area contributed by atoms with E-state index in [0.717, 1.165) is 12.8 Å². The summed E-state index contributed by atoms with van der Waals surface area (Å²) >= 11 is 5.70. The maximum atomic E-state index is 13.5. The molecule has 40 heavy (non-hydrogen) atoms. The third kappa shape index (κ3) is 5.83. The van der Waals surface area contributed by atoms with E-state index < -0.39 is 6.04 Å². The highest BCUT2D eigenvalue weighted by Gasteiger charge is 2.50. The molecule has 4 amide bonds. The van der Waals surface area contributed by atoms with E-state index in [1.807, 2.05) is 6.07 Å². The zero-order valence-corrected chi connectivity index (χ0v) is 22.7. The van der Waals surface area contributed by atoms with Crippen LogP contribution in [0.3, 0.4) is 0 Å². The molecular formula is C27H28N7O5S+. The van der Waals surface area contributed by atoms with Gasteiger partial charge < -0.3 is 15.5 Å². The van der Waals surface area contributed by atoms with Crippen LogP contribution in [0.4, 0.5) is 17.3 Å². The molecule has 1 unspecified atom stereocenters. The molecule has 0 radical (unpaired) electrons. The lowest BCUT2D eigenvalue weighted by Gasteiger charge is -2.22. The van der Waals surface area contributed by atoms with E-state index in [1.54, 1.807) is 65.4 Å². The molecule has 0 spiro atoms. The summed E-state index contributed by atoms with van der Waals surface area (Å²) in [6.07, 6.45) is 1.55. The number of hydrogen-bond donors (Lipinski definition) is 3. The summed E-state index contributed by atoms with van der Waals surface area (Å²) in [5, 5.41) is 12.5. The molecular weight excluding hydrogens is 534 g/mol. The maximum Gasteiger partial charge on any atom is 0.307 e. The molecule has 2 heterocycles. The summed E-state index contributed by atoms with van der Waals surface area (Å²) in [5.74, 6) is -1.06. The van der Waals surface area contributed by atoms with Crippen molar-refractivity contribution in [1.29, 1.82) is 0 Å². The van der Waals surface area contributed by atoms with E-state index in [-0.39, 0.29) is 48.5 Å². The Morgan fingerprint density at radius 1 is 1.02 bits per heavy atom. The van der Waals surface area contributed by atoms with Crippen LogP contribution in [0, 0.1) is 0 Å². The molecule has 0 bridgehead atoms. The number of aromatic nitrogens is 2. The average molecular weight is 563 g/mol. The largest absolute Gasteiger partial charge is 0.326 e. The molecule has 1 atom stereocenters. The monoisotopic (exact) mass is 562 g/mol. The number of anilines is 3. The highest BCUT2D eigenvalue weighted by atomic mass is 32.1. The number of thiocarbonyl (C=S) groups is 1. The Balaban J connectivity index is 1.33. The van der Waals surface area contributed by atoms with Gasteiger partial charge in [0.15, 0.2) is 12.2 Å². The van der Waals surface area contributed by atoms with Gasteiger partial charge in [-0.25, -0.2) is 0 Å². The second kappa shape index (κ2) is 11.2. The van der Waals surface area contributed by atoms with Crippen molar-refractivity contribution in [2.75, 3.05) is 16.0 Å². The summed E-state index contributed by atoms with van der Waals surface area (Å²) in [6.45, 7) is 1.50. The number of carbonyl (C=O) groups is 4. The van der Waals surface area contributed by atoms with Crippen molar-refractivity contribution >= 4 is 58.2 Å². The Kier molecular flexibility index (Phi) is 7.56. The number of benzene rings is 2. The smallest absolute Gasteiger partial charge is 0.307 e. The van der Waals surface area contributed by atoms with E-state index in [4.69, 9.17) is 16.7 Å². The number of rotatable bonds is 9. The first-order valence-electron chi connectivity index (χ1n) is 12.7. The first-order chi connectivity index (χ1) is 19.2. The van der Waals surface area contributed by atoms with Gasteiger partial charge in [0, 0.05) is 29.9 Å². The van der Waals surface area contributed by atoms with Crippen LogP contribution in [0.5, 0.6) is 0 Å². The van der Waals surface area contributed by atoms with Crippen molar-refractivity contribution in [3.63, 3.8) is 0 Å². The molecule has 12 nitrogen and oxygen atoms in total. The van der Waals surface area contributed by atoms with Gasteiger partial charge in [-0.2, -0.15) is 0 Å². The average Bonchev–Trinajstić information content (AvgIpc) is 3.66. The first-order valence-corrected chi connectivity index (χ1v) is 13.1. The number of hydrogen-bond acceptors (Lipinski definition) is 7. The van der Waals surface area contributed by atoms with Crippen LogP contribution in [-0.4, -0.2) is 55.9 Å². The SMILES string of the molecule is CC(=O)Nc1ccc(NC(=O)CC2C(=O)N(C3CC3)C(=S)N2Cc2c(NC(=O)c3ccccc3)on[n+]2C)cc1. The topological polar surface area (TPSA) is 141 Å². The fraction of sp³-hybridized carbons (Fsp3) is 0.296. The van der Waals surface area contributed by atoms with Crippen LogP contribution in [-0.2, 0) is 28.0 Å². The molecule has 5 rings (SSSR count). The third-order valence-corrected chi connectivity index (χ3v) is 7.05. The Morgan fingerprint density at radius 2 is 1.68 bits per heavy atom. The first kappa shape index (κ1) is 26.9. The summed E-state index contributed by atoms with van der Waals surface area (Å²) in [4.78, 5) is 53.8. The van der Waals surface area contributed by atoms with Gasteiger partial charge in [0.05, 0.1) is 6.42 Å². The van der Waals surface area contributed by atoms with Crippen LogP contribution in [0.2, 0.25) is 0 Å². The molecule has 2 aromatic carbocycles. The molecule has 1 aliphatic heterocycles. The Bertz CT molecular complexity index is 1470. The molecule has 1 aliphatic carbocycles. The molecule has 13 heteroatoms. The van der Waals surface area contributed by atoms with Crippen molar-refractivity contribution in [3.05, 3.63) is 65.9 Å². The molecule has 3 aromatic rings. The van der Waals surface area contributed by atoms with Gasteiger partial charge in [-0.1, -0.05) is 18.2 Å².